The Bertz CT molecular complexity index is 298. The average Bonchev–Trinajstić information content (AvgIpc) is 2.81. The highest BCUT2D eigenvalue weighted by atomic mass is 14.9. The van der Waals surface area contributed by atoms with E-state index in [1.54, 1.807) is 0 Å². The Morgan fingerprint density at radius 3 is 2.44 bits per heavy atom. The zero-order valence-electron chi connectivity index (χ0n) is 10.3. The van der Waals surface area contributed by atoms with Gasteiger partial charge in [0.1, 0.15) is 0 Å². The third-order valence-corrected chi connectivity index (χ3v) is 3.84. The maximum absolute atomic E-state index is 3.62. The van der Waals surface area contributed by atoms with Gasteiger partial charge in [0.15, 0.2) is 0 Å². The fourth-order valence-electron chi connectivity index (χ4n) is 2.92. The van der Waals surface area contributed by atoms with Crippen molar-refractivity contribution in [3.8, 4) is 0 Å². The Hall–Kier alpha value is -0.820. The minimum absolute atomic E-state index is 0.427. The monoisotopic (exact) mass is 217 g/mol. The lowest BCUT2D eigenvalue weighted by Gasteiger charge is -2.30. The van der Waals surface area contributed by atoms with Crippen LogP contribution in [0, 0.1) is 0 Å². The smallest absolute Gasteiger partial charge is 0.00777 e. The van der Waals surface area contributed by atoms with Crippen LogP contribution in [0.3, 0.4) is 0 Å². The lowest BCUT2D eigenvalue weighted by Crippen LogP contribution is -2.36. The van der Waals surface area contributed by atoms with Gasteiger partial charge in [0.25, 0.3) is 0 Å². The Balaban J connectivity index is 2.09. The summed E-state index contributed by atoms with van der Waals surface area (Å²) < 4.78 is 0. The van der Waals surface area contributed by atoms with E-state index < -0.39 is 0 Å². The maximum atomic E-state index is 3.62. The van der Waals surface area contributed by atoms with Crippen LogP contribution in [0.2, 0.25) is 0 Å². The largest absolute Gasteiger partial charge is 0.316 e. The van der Waals surface area contributed by atoms with Crippen molar-refractivity contribution in [3.63, 3.8) is 0 Å². The van der Waals surface area contributed by atoms with E-state index in [0.29, 0.717) is 5.41 Å². The Morgan fingerprint density at radius 1 is 1.12 bits per heavy atom. The van der Waals surface area contributed by atoms with E-state index in [4.69, 9.17) is 0 Å². The molecular weight excluding hydrogens is 194 g/mol. The molecule has 0 spiro atoms. The molecule has 1 aliphatic rings. The minimum atomic E-state index is 0.427. The molecule has 0 radical (unpaired) electrons. The first kappa shape index (κ1) is 11.7. The lowest BCUT2D eigenvalue weighted by atomic mass is 9.79. The Morgan fingerprint density at radius 2 is 1.81 bits per heavy atom. The number of hydrogen-bond acceptors (Lipinski definition) is 1. The zero-order chi connectivity index (χ0) is 11.3. The fraction of sp³-hybridized carbons (Fsp3) is 0.600. The molecule has 0 bridgehead atoms. The third-order valence-electron chi connectivity index (χ3n) is 3.84. The standard InChI is InChI=1S/C15H23N/c1-2-12-16-13-15(10-6-7-11-15)14-8-4-3-5-9-14/h3-5,8-9,16H,2,6-7,10-13H2,1H3. The molecule has 1 fully saturated rings. The van der Waals surface area contributed by atoms with E-state index in [2.05, 4.69) is 42.6 Å². The first-order valence-corrected chi connectivity index (χ1v) is 6.64. The van der Waals surface area contributed by atoms with Gasteiger partial charge >= 0.3 is 0 Å². The summed E-state index contributed by atoms with van der Waals surface area (Å²) in [5.74, 6) is 0. The van der Waals surface area contributed by atoms with Gasteiger partial charge in [0, 0.05) is 12.0 Å². The molecule has 16 heavy (non-hydrogen) atoms. The van der Waals surface area contributed by atoms with Crippen LogP contribution in [0.1, 0.15) is 44.6 Å². The lowest BCUT2D eigenvalue weighted by molar-refractivity contribution is 0.405. The first-order chi connectivity index (χ1) is 7.87. The van der Waals surface area contributed by atoms with Gasteiger partial charge in [-0.15, -0.1) is 0 Å². The molecule has 88 valence electrons. The predicted molar refractivity (Wildman–Crippen MR) is 69.7 cm³/mol. The van der Waals surface area contributed by atoms with Gasteiger partial charge in [0.05, 0.1) is 0 Å². The second kappa shape index (κ2) is 5.49. The van der Waals surface area contributed by atoms with Gasteiger partial charge in [0.2, 0.25) is 0 Å². The number of rotatable bonds is 5. The number of hydrogen-bond donors (Lipinski definition) is 1. The van der Waals surface area contributed by atoms with E-state index in [9.17, 15) is 0 Å². The van der Waals surface area contributed by atoms with Gasteiger partial charge in [-0.05, 0) is 31.4 Å². The van der Waals surface area contributed by atoms with Gasteiger partial charge in [-0.3, -0.25) is 0 Å². The molecule has 0 amide bonds. The van der Waals surface area contributed by atoms with Crippen LogP contribution in [0.15, 0.2) is 30.3 Å². The van der Waals surface area contributed by atoms with Crippen molar-refractivity contribution in [1.82, 2.24) is 5.32 Å². The first-order valence-electron chi connectivity index (χ1n) is 6.64. The second-order valence-electron chi connectivity index (χ2n) is 5.03. The van der Waals surface area contributed by atoms with E-state index in [0.717, 1.165) is 13.1 Å². The van der Waals surface area contributed by atoms with Crippen molar-refractivity contribution in [3.05, 3.63) is 35.9 Å². The molecule has 1 heteroatoms. The van der Waals surface area contributed by atoms with Gasteiger partial charge in [-0.2, -0.15) is 0 Å². The van der Waals surface area contributed by atoms with Gasteiger partial charge < -0.3 is 5.32 Å². The summed E-state index contributed by atoms with van der Waals surface area (Å²) in [7, 11) is 0. The fourth-order valence-corrected chi connectivity index (χ4v) is 2.92. The van der Waals surface area contributed by atoms with Gasteiger partial charge in [-0.25, -0.2) is 0 Å². The second-order valence-corrected chi connectivity index (χ2v) is 5.03. The van der Waals surface area contributed by atoms with Gasteiger partial charge in [-0.1, -0.05) is 50.1 Å². The molecule has 1 aromatic rings. The molecule has 0 unspecified atom stereocenters. The molecule has 0 aromatic heterocycles. The normalized spacial score (nSPS) is 18.8. The molecule has 1 N–H and O–H groups in total. The average molecular weight is 217 g/mol. The Labute approximate surface area is 99.3 Å². The number of nitrogens with one attached hydrogen (secondary N) is 1. The Kier molecular flexibility index (Phi) is 4.00. The summed E-state index contributed by atoms with van der Waals surface area (Å²) in [6, 6.07) is 11.1. The van der Waals surface area contributed by atoms with Crippen LogP contribution < -0.4 is 5.32 Å². The van der Waals surface area contributed by atoms with E-state index in [1.807, 2.05) is 0 Å². The summed E-state index contributed by atoms with van der Waals surface area (Å²) >= 11 is 0. The van der Waals surface area contributed by atoms with Crippen molar-refractivity contribution in [1.29, 1.82) is 0 Å². The summed E-state index contributed by atoms with van der Waals surface area (Å²) in [5, 5.41) is 3.62. The van der Waals surface area contributed by atoms with Crippen molar-refractivity contribution >= 4 is 0 Å². The van der Waals surface area contributed by atoms with Crippen LogP contribution in [-0.4, -0.2) is 13.1 Å². The summed E-state index contributed by atoms with van der Waals surface area (Å²) in [4.78, 5) is 0. The van der Waals surface area contributed by atoms with Crippen LogP contribution in [0.5, 0.6) is 0 Å². The molecule has 0 aliphatic heterocycles. The minimum Gasteiger partial charge on any atom is -0.316 e. The molecule has 0 atom stereocenters. The SMILES string of the molecule is CCCNCC1(c2ccccc2)CCCC1. The molecule has 0 saturated heterocycles. The number of benzene rings is 1. The zero-order valence-corrected chi connectivity index (χ0v) is 10.3. The maximum Gasteiger partial charge on any atom is 0.00777 e. The summed E-state index contributed by atoms with van der Waals surface area (Å²) in [6.07, 6.45) is 6.72. The topological polar surface area (TPSA) is 12.0 Å². The summed E-state index contributed by atoms with van der Waals surface area (Å²) in [5.41, 5.74) is 1.97. The van der Waals surface area contributed by atoms with Crippen LogP contribution >= 0.6 is 0 Å². The highest BCUT2D eigenvalue weighted by molar-refractivity contribution is 5.27. The van der Waals surface area contributed by atoms with E-state index in [-0.39, 0.29) is 0 Å². The van der Waals surface area contributed by atoms with Crippen LogP contribution in [0.4, 0.5) is 0 Å². The van der Waals surface area contributed by atoms with Crippen LogP contribution in [-0.2, 0) is 5.41 Å². The van der Waals surface area contributed by atoms with Crippen molar-refractivity contribution in [2.45, 2.75) is 44.4 Å². The molecular formula is C15H23N. The quantitative estimate of drug-likeness (QED) is 0.744. The predicted octanol–water partition coefficient (Wildman–Crippen LogP) is 3.50. The van der Waals surface area contributed by atoms with Crippen LogP contribution in [0.25, 0.3) is 0 Å². The molecule has 1 aromatic carbocycles. The molecule has 0 heterocycles. The molecule has 2 rings (SSSR count). The molecule has 1 aliphatic carbocycles. The summed E-state index contributed by atoms with van der Waals surface area (Å²) in [6.45, 7) is 4.54. The van der Waals surface area contributed by atoms with Crippen molar-refractivity contribution in [2.75, 3.05) is 13.1 Å². The van der Waals surface area contributed by atoms with Crippen molar-refractivity contribution in [2.24, 2.45) is 0 Å². The van der Waals surface area contributed by atoms with Crippen molar-refractivity contribution < 1.29 is 0 Å². The van der Waals surface area contributed by atoms with E-state index in [1.165, 1.54) is 37.7 Å². The highest BCUT2D eigenvalue weighted by Crippen LogP contribution is 2.40. The highest BCUT2D eigenvalue weighted by Gasteiger charge is 2.34. The van der Waals surface area contributed by atoms with E-state index >= 15 is 0 Å². The molecule has 1 nitrogen and oxygen atoms in total. The molecule has 1 saturated carbocycles. The third kappa shape index (κ3) is 2.46.